The van der Waals surface area contributed by atoms with Crippen LogP contribution in [0, 0.1) is 5.92 Å². The molecule has 1 rings (SSSR count). The van der Waals surface area contributed by atoms with Crippen LogP contribution in [0.15, 0.2) is 36.7 Å². The Balaban J connectivity index is 2.46. The molecular weight excluding hydrogens is 160 g/mol. The molecule has 0 spiro atoms. The van der Waals surface area contributed by atoms with E-state index < -0.39 is 0 Å². The summed E-state index contributed by atoms with van der Waals surface area (Å²) in [6.45, 7) is 8.28. The van der Waals surface area contributed by atoms with E-state index in [2.05, 4.69) is 30.7 Å². The van der Waals surface area contributed by atoms with E-state index in [1.165, 1.54) is 0 Å². The molecule has 0 aromatic carbocycles. The highest BCUT2D eigenvalue weighted by Crippen LogP contribution is 2.11. The van der Waals surface area contributed by atoms with Crippen LogP contribution in [0.1, 0.15) is 20.3 Å². The summed E-state index contributed by atoms with van der Waals surface area (Å²) in [4.78, 5) is 4.15. The second-order valence-electron chi connectivity index (χ2n) is 3.54. The molecule has 0 aliphatic rings. The SMILES string of the molecule is C=C(CC(C)C)Nc1ccccn1. The topological polar surface area (TPSA) is 24.9 Å². The van der Waals surface area contributed by atoms with Crippen molar-refractivity contribution in [2.24, 2.45) is 5.92 Å². The van der Waals surface area contributed by atoms with Gasteiger partial charge in [0.05, 0.1) is 0 Å². The van der Waals surface area contributed by atoms with Gasteiger partial charge >= 0.3 is 0 Å². The van der Waals surface area contributed by atoms with Crippen molar-refractivity contribution in [2.75, 3.05) is 5.32 Å². The highest BCUT2D eigenvalue weighted by Gasteiger charge is 1.98. The minimum atomic E-state index is 0.628. The first kappa shape index (κ1) is 9.78. The lowest BCUT2D eigenvalue weighted by molar-refractivity contribution is 0.645. The average molecular weight is 176 g/mol. The third kappa shape index (κ3) is 3.74. The van der Waals surface area contributed by atoms with Crippen LogP contribution in [0.3, 0.4) is 0 Å². The Morgan fingerprint density at radius 3 is 2.85 bits per heavy atom. The van der Waals surface area contributed by atoms with Crippen molar-refractivity contribution in [1.82, 2.24) is 4.98 Å². The lowest BCUT2D eigenvalue weighted by atomic mass is 10.1. The summed E-state index contributed by atoms with van der Waals surface area (Å²) in [5, 5.41) is 3.17. The minimum Gasteiger partial charge on any atom is -0.344 e. The number of rotatable bonds is 4. The van der Waals surface area contributed by atoms with Gasteiger partial charge in [0, 0.05) is 11.9 Å². The predicted molar refractivity (Wildman–Crippen MR) is 56.5 cm³/mol. The number of hydrogen-bond donors (Lipinski definition) is 1. The highest BCUT2D eigenvalue weighted by atomic mass is 15.0. The van der Waals surface area contributed by atoms with Gasteiger partial charge in [-0.25, -0.2) is 4.98 Å². The maximum Gasteiger partial charge on any atom is 0.130 e. The van der Waals surface area contributed by atoms with Gasteiger partial charge in [0.1, 0.15) is 5.82 Å². The maximum absolute atomic E-state index is 4.15. The lowest BCUT2D eigenvalue weighted by Gasteiger charge is -2.10. The van der Waals surface area contributed by atoms with E-state index in [9.17, 15) is 0 Å². The molecule has 1 heterocycles. The maximum atomic E-state index is 4.15. The van der Waals surface area contributed by atoms with E-state index in [0.29, 0.717) is 5.92 Å². The van der Waals surface area contributed by atoms with Gasteiger partial charge in [0.15, 0.2) is 0 Å². The predicted octanol–water partition coefficient (Wildman–Crippen LogP) is 3.05. The van der Waals surface area contributed by atoms with Crippen molar-refractivity contribution >= 4 is 5.82 Å². The Labute approximate surface area is 79.7 Å². The van der Waals surface area contributed by atoms with Crippen LogP contribution in [0.2, 0.25) is 0 Å². The van der Waals surface area contributed by atoms with E-state index >= 15 is 0 Å². The summed E-state index contributed by atoms with van der Waals surface area (Å²) < 4.78 is 0. The monoisotopic (exact) mass is 176 g/mol. The molecule has 13 heavy (non-hydrogen) atoms. The average Bonchev–Trinajstić information content (AvgIpc) is 2.04. The van der Waals surface area contributed by atoms with Gasteiger partial charge in [-0.1, -0.05) is 26.5 Å². The van der Waals surface area contributed by atoms with E-state index in [1.807, 2.05) is 18.2 Å². The largest absolute Gasteiger partial charge is 0.344 e. The van der Waals surface area contributed by atoms with Crippen LogP contribution in [0.4, 0.5) is 5.82 Å². The van der Waals surface area contributed by atoms with Crippen LogP contribution in [-0.2, 0) is 0 Å². The first-order chi connectivity index (χ1) is 6.18. The molecule has 0 bridgehead atoms. The van der Waals surface area contributed by atoms with Crippen molar-refractivity contribution in [3.8, 4) is 0 Å². The Bertz CT molecular complexity index is 265. The zero-order valence-corrected chi connectivity index (χ0v) is 8.25. The molecule has 0 saturated carbocycles. The molecular formula is C11H16N2. The van der Waals surface area contributed by atoms with Crippen molar-refractivity contribution in [1.29, 1.82) is 0 Å². The summed E-state index contributed by atoms with van der Waals surface area (Å²) >= 11 is 0. The molecule has 1 N–H and O–H groups in total. The van der Waals surface area contributed by atoms with E-state index in [-0.39, 0.29) is 0 Å². The molecule has 2 heteroatoms. The second kappa shape index (κ2) is 4.65. The van der Waals surface area contributed by atoms with Crippen molar-refractivity contribution in [3.63, 3.8) is 0 Å². The second-order valence-corrected chi connectivity index (χ2v) is 3.54. The standard InChI is InChI=1S/C11H16N2/c1-9(2)8-10(3)13-11-6-4-5-7-12-11/h4-7,9H,3,8H2,1-2H3,(H,12,13). The lowest BCUT2D eigenvalue weighted by Crippen LogP contribution is -2.02. The molecule has 0 aliphatic carbocycles. The van der Waals surface area contributed by atoms with Crippen LogP contribution in [-0.4, -0.2) is 4.98 Å². The van der Waals surface area contributed by atoms with E-state index in [0.717, 1.165) is 17.9 Å². The Morgan fingerprint density at radius 2 is 2.31 bits per heavy atom. The molecule has 0 aliphatic heterocycles. The molecule has 1 aromatic heterocycles. The van der Waals surface area contributed by atoms with Crippen LogP contribution in [0.5, 0.6) is 0 Å². The van der Waals surface area contributed by atoms with E-state index in [1.54, 1.807) is 6.20 Å². The zero-order chi connectivity index (χ0) is 9.68. The number of pyridine rings is 1. The van der Waals surface area contributed by atoms with Gasteiger partial charge in [-0.2, -0.15) is 0 Å². The summed E-state index contributed by atoms with van der Waals surface area (Å²) in [5.41, 5.74) is 1.02. The summed E-state index contributed by atoms with van der Waals surface area (Å²) in [6, 6.07) is 5.79. The number of allylic oxidation sites excluding steroid dienone is 1. The molecule has 0 saturated heterocycles. The zero-order valence-electron chi connectivity index (χ0n) is 8.25. The number of hydrogen-bond acceptors (Lipinski definition) is 2. The van der Waals surface area contributed by atoms with Gasteiger partial charge < -0.3 is 5.32 Å². The molecule has 1 aromatic rings. The molecule has 0 unspecified atom stereocenters. The fourth-order valence-corrected chi connectivity index (χ4v) is 1.16. The minimum absolute atomic E-state index is 0.628. The van der Waals surface area contributed by atoms with Crippen molar-refractivity contribution in [3.05, 3.63) is 36.7 Å². The Morgan fingerprint density at radius 1 is 1.54 bits per heavy atom. The van der Waals surface area contributed by atoms with Crippen molar-refractivity contribution in [2.45, 2.75) is 20.3 Å². The fraction of sp³-hybridized carbons (Fsp3) is 0.364. The summed E-state index contributed by atoms with van der Waals surface area (Å²) in [6.07, 6.45) is 2.75. The molecule has 0 radical (unpaired) electrons. The van der Waals surface area contributed by atoms with Gasteiger partial charge in [0.2, 0.25) is 0 Å². The highest BCUT2D eigenvalue weighted by molar-refractivity contribution is 5.39. The molecule has 0 amide bonds. The van der Waals surface area contributed by atoms with Crippen LogP contribution < -0.4 is 5.32 Å². The first-order valence-electron chi connectivity index (χ1n) is 4.54. The van der Waals surface area contributed by atoms with Gasteiger partial charge in [-0.15, -0.1) is 0 Å². The third-order valence-corrected chi connectivity index (χ3v) is 1.62. The first-order valence-corrected chi connectivity index (χ1v) is 4.54. The van der Waals surface area contributed by atoms with Gasteiger partial charge in [-0.3, -0.25) is 0 Å². The van der Waals surface area contributed by atoms with Crippen molar-refractivity contribution < 1.29 is 0 Å². The molecule has 0 atom stereocenters. The quantitative estimate of drug-likeness (QED) is 0.762. The summed E-state index contributed by atoms with van der Waals surface area (Å²) in [7, 11) is 0. The fourth-order valence-electron chi connectivity index (χ4n) is 1.16. The number of nitrogens with one attached hydrogen (secondary N) is 1. The van der Waals surface area contributed by atoms with Crippen LogP contribution in [0.25, 0.3) is 0 Å². The number of aromatic nitrogens is 1. The number of nitrogens with zero attached hydrogens (tertiary/aromatic N) is 1. The smallest absolute Gasteiger partial charge is 0.130 e. The molecule has 70 valence electrons. The van der Waals surface area contributed by atoms with Gasteiger partial charge in [0.25, 0.3) is 0 Å². The van der Waals surface area contributed by atoms with Gasteiger partial charge in [-0.05, 0) is 24.5 Å². The third-order valence-electron chi connectivity index (χ3n) is 1.62. The van der Waals surface area contributed by atoms with E-state index in [4.69, 9.17) is 0 Å². The Hall–Kier alpha value is -1.31. The van der Waals surface area contributed by atoms with Crippen LogP contribution >= 0.6 is 0 Å². The Kier molecular flexibility index (Phi) is 3.50. The molecule has 0 fully saturated rings. The number of anilines is 1. The molecule has 2 nitrogen and oxygen atoms in total. The summed E-state index contributed by atoms with van der Waals surface area (Å²) in [5.74, 6) is 1.50. The normalized spacial score (nSPS) is 10.1.